The van der Waals surface area contributed by atoms with Gasteiger partial charge in [0, 0.05) is 24.9 Å². The summed E-state index contributed by atoms with van der Waals surface area (Å²) >= 11 is 0. The minimum Gasteiger partial charge on any atom is -0.472 e. The number of hydrogen-bond donors (Lipinski definition) is 1. The van der Waals surface area contributed by atoms with E-state index < -0.39 is 0 Å². The molecule has 0 spiro atoms. The molecule has 0 amide bonds. The van der Waals surface area contributed by atoms with Gasteiger partial charge in [0.1, 0.15) is 6.10 Å². The van der Waals surface area contributed by atoms with E-state index >= 15 is 0 Å². The largest absolute Gasteiger partial charge is 0.472 e. The predicted molar refractivity (Wildman–Crippen MR) is 68.3 cm³/mol. The van der Waals surface area contributed by atoms with Crippen molar-refractivity contribution in [2.45, 2.75) is 32.9 Å². The van der Waals surface area contributed by atoms with Gasteiger partial charge in [0.25, 0.3) is 0 Å². The Morgan fingerprint density at radius 3 is 2.82 bits per heavy atom. The number of nitrogens with zero attached hydrogens (tertiary/aromatic N) is 1. The van der Waals surface area contributed by atoms with Crippen LogP contribution in [0.5, 0.6) is 5.88 Å². The fourth-order valence-electron chi connectivity index (χ4n) is 1.71. The molecule has 0 saturated carbocycles. The van der Waals surface area contributed by atoms with Crippen molar-refractivity contribution in [3.63, 3.8) is 0 Å². The van der Waals surface area contributed by atoms with Gasteiger partial charge in [-0.25, -0.2) is 4.98 Å². The molecule has 0 aliphatic rings. The number of pyridine rings is 1. The maximum Gasteiger partial charge on any atom is 0.218 e. The van der Waals surface area contributed by atoms with Gasteiger partial charge in [-0.1, -0.05) is 13.0 Å². The normalized spacial score (nSPS) is 14.4. The van der Waals surface area contributed by atoms with Gasteiger partial charge in [-0.05, 0) is 26.5 Å². The highest BCUT2D eigenvalue weighted by atomic mass is 16.5. The second-order valence-corrected chi connectivity index (χ2v) is 4.06. The van der Waals surface area contributed by atoms with Crippen LogP contribution in [0.3, 0.4) is 0 Å². The molecule has 96 valence electrons. The van der Waals surface area contributed by atoms with Crippen LogP contribution in [0.2, 0.25) is 0 Å². The third kappa shape index (κ3) is 4.32. The monoisotopic (exact) mass is 238 g/mol. The summed E-state index contributed by atoms with van der Waals surface area (Å²) in [7, 11) is 1.67. The number of hydrogen-bond acceptors (Lipinski definition) is 4. The smallest absolute Gasteiger partial charge is 0.218 e. The van der Waals surface area contributed by atoms with E-state index in [1.165, 1.54) is 0 Å². The zero-order valence-electron chi connectivity index (χ0n) is 11.1. The number of rotatable bonds is 7. The van der Waals surface area contributed by atoms with E-state index in [1.54, 1.807) is 13.3 Å². The molecule has 0 fully saturated rings. The van der Waals surface area contributed by atoms with Crippen molar-refractivity contribution in [3.05, 3.63) is 23.9 Å². The van der Waals surface area contributed by atoms with E-state index in [4.69, 9.17) is 9.47 Å². The van der Waals surface area contributed by atoms with Crippen LogP contribution in [0.4, 0.5) is 0 Å². The SMILES string of the molecule is CCNC(C)c1cccnc1OC(C)COC. The molecule has 1 rings (SSSR count). The minimum absolute atomic E-state index is 0.00229. The van der Waals surface area contributed by atoms with Crippen LogP contribution in [0.15, 0.2) is 18.3 Å². The molecule has 4 heteroatoms. The molecule has 17 heavy (non-hydrogen) atoms. The van der Waals surface area contributed by atoms with Crippen LogP contribution in [-0.2, 0) is 4.74 Å². The highest BCUT2D eigenvalue weighted by Crippen LogP contribution is 2.22. The third-order valence-corrected chi connectivity index (χ3v) is 2.49. The Balaban J connectivity index is 2.76. The average molecular weight is 238 g/mol. The summed E-state index contributed by atoms with van der Waals surface area (Å²) in [5, 5.41) is 3.36. The number of ether oxygens (including phenoxy) is 2. The van der Waals surface area contributed by atoms with Crippen molar-refractivity contribution >= 4 is 0 Å². The molecular formula is C13H22N2O2. The van der Waals surface area contributed by atoms with Gasteiger partial charge in [0.15, 0.2) is 0 Å². The third-order valence-electron chi connectivity index (χ3n) is 2.49. The van der Waals surface area contributed by atoms with Crippen molar-refractivity contribution in [3.8, 4) is 5.88 Å². The Bertz CT molecular complexity index is 331. The lowest BCUT2D eigenvalue weighted by Crippen LogP contribution is -2.22. The first-order chi connectivity index (χ1) is 8.19. The molecule has 1 aromatic rings. The van der Waals surface area contributed by atoms with Crippen LogP contribution in [-0.4, -0.2) is 31.3 Å². The van der Waals surface area contributed by atoms with Crippen molar-refractivity contribution in [1.29, 1.82) is 0 Å². The first-order valence-corrected chi connectivity index (χ1v) is 6.02. The lowest BCUT2D eigenvalue weighted by Gasteiger charge is -2.19. The Morgan fingerprint density at radius 1 is 1.41 bits per heavy atom. The molecule has 1 N–H and O–H groups in total. The topological polar surface area (TPSA) is 43.4 Å². The molecular weight excluding hydrogens is 216 g/mol. The zero-order chi connectivity index (χ0) is 12.7. The van der Waals surface area contributed by atoms with Gasteiger partial charge in [-0.2, -0.15) is 0 Å². The average Bonchev–Trinajstić information content (AvgIpc) is 2.30. The second-order valence-electron chi connectivity index (χ2n) is 4.06. The highest BCUT2D eigenvalue weighted by Gasteiger charge is 2.13. The summed E-state index contributed by atoms with van der Waals surface area (Å²) < 4.78 is 10.8. The summed E-state index contributed by atoms with van der Waals surface area (Å²) in [5.74, 6) is 0.686. The number of methoxy groups -OCH3 is 1. The molecule has 0 aromatic carbocycles. The van der Waals surface area contributed by atoms with Crippen LogP contribution in [0.25, 0.3) is 0 Å². The van der Waals surface area contributed by atoms with Crippen LogP contribution < -0.4 is 10.1 Å². The molecule has 4 nitrogen and oxygen atoms in total. The maximum atomic E-state index is 5.78. The van der Waals surface area contributed by atoms with Crippen molar-refractivity contribution < 1.29 is 9.47 Å². The van der Waals surface area contributed by atoms with E-state index in [2.05, 4.69) is 24.1 Å². The van der Waals surface area contributed by atoms with Crippen LogP contribution in [0.1, 0.15) is 32.4 Å². The molecule has 0 aliphatic carbocycles. The quantitative estimate of drug-likeness (QED) is 0.790. The second kappa shape index (κ2) is 7.25. The molecule has 0 bridgehead atoms. The van der Waals surface area contributed by atoms with Crippen LogP contribution >= 0.6 is 0 Å². The summed E-state index contributed by atoms with van der Waals surface area (Å²) in [6.45, 7) is 7.64. The Hall–Kier alpha value is -1.13. The summed E-state index contributed by atoms with van der Waals surface area (Å²) in [5.41, 5.74) is 1.08. The zero-order valence-corrected chi connectivity index (χ0v) is 11.1. The molecule has 2 atom stereocenters. The minimum atomic E-state index is 0.00229. The molecule has 2 unspecified atom stereocenters. The Morgan fingerprint density at radius 2 is 2.18 bits per heavy atom. The van der Waals surface area contributed by atoms with Crippen LogP contribution in [0, 0.1) is 0 Å². The van der Waals surface area contributed by atoms with Crippen molar-refractivity contribution in [2.75, 3.05) is 20.3 Å². The molecule has 0 radical (unpaired) electrons. The summed E-state index contributed by atoms with van der Waals surface area (Å²) in [6, 6.07) is 4.20. The first-order valence-electron chi connectivity index (χ1n) is 6.02. The standard InChI is InChI=1S/C13H22N2O2/c1-5-14-11(3)12-7-6-8-15-13(12)17-10(2)9-16-4/h6-8,10-11,14H,5,9H2,1-4H3. The summed E-state index contributed by atoms with van der Waals surface area (Å²) in [4.78, 5) is 4.29. The van der Waals surface area contributed by atoms with Gasteiger partial charge in [-0.3, -0.25) is 0 Å². The van der Waals surface area contributed by atoms with Gasteiger partial charge < -0.3 is 14.8 Å². The molecule has 1 heterocycles. The first kappa shape index (κ1) is 13.9. The maximum absolute atomic E-state index is 5.78. The number of nitrogens with one attached hydrogen (secondary N) is 1. The lowest BCUT2D eigenvalue weighted by molar-refractivity contribution is 0.0878. The highest BCUT2D eigenvalue weighted by molar-refractivity contribution is 5.28. The molecule has 0 aliphatic heterocycles. The number of aromatic nitrogens is 1. The van der Waals surface area contributed by atoms with Gasteiger partial charge in [0.05, 0.1) is 6.61 Å². The van der Waals surface area contributed by atoms with E-state index in [1.807, 2.05) is 19.1 Å². The van der Waals surface area contributed by atoms with Gasteiger partial charge >= 0.3 is 0 Å². The molecule has 0 saturated heterocycles. The van der Waals surface area contributed by atoms with Crippen molar-refractivity contribution in [1.82, 2.24) is 10.3 Å². The fourth-order valence-corrected chi connectivity index (χ4v) is 1.71. The Labute approximate surface area is 103 Å². The van der Waals surface area contributed by atoms with E-state index in [0.717, 1.165) is 12.1 Å². The summed E-state index contributed by atoms with van der Waals surface area (Å²) in [6.07, 6.45) is 1.75. The van der Waals surface area contributed by atoms with E-state index in [0.29, 0.717) is 12.5 Å². The Kier molecular flexibility index (Phi) is 5.94. The molecule has 1 aromatic heterocycles. The van der Waals surface area contributed by atoms with E-state index in [9.17, 15) is 0 Å². The van der Waals surface area contributed by atoms with E-state index in [-0.39, 0.29) is 12.1 Å². The fraction of sp³-hybridized carbons (Fsp3) is 0.615. The predicted octanol–water partition coefficient (Wildman–Crippen LogP) is 2.17. The lowest BCUT2D eigenvalue weighted by atomic mass is 10.1. The van der Waals surface area contributed by atoms with Crippen molar-refractivity contribution in [2.24, 2.45) is 0 Å². The van der Waals surface area contributed by atoms with Gasteiger partial charge in [0.2, 0.25) is 5.88 Å². The van der Waals surface area contributed by atoms with Gasteiger partial charge in [-0.15, -0.1) is 0 Å².